The predicted octanol–water partition coefficient (Wildman–Crippen LogP) is 2.31. The van der Waals surface area contributed by atoms with Crippen LogP contribution in [0.3, 0.4) is 0 Å². The Morgan fingerprint density at radius 3 is 2.61 bits per heavy atom. The molecule has 1 aromatic rings. The van der Waals surface area contributed by atoms with Crippen molar-refractivity contribution in [1.82, 2.24) is 20.4 Å². The minimum absolute atomic E-state index is 0.0812. The van der Waals surface area contributed by atoms with Crippen LogP contribution in [0.15, 0.2) is 11.1 Å². The van der Waals surface area contributed by atoms with E-state index in [9.17, 15) is 4.79 Å². The van der Waals surface area contributed by atoms with Gasteiger partial charge in [-0.2, -0.15) is 5.10 Å². The average molecular weight is 315 g/mol. The molecule has 0 spiro atoms. The Morgan fingerprint density at radius 2 is 2.17 bits per heavy atom. The van der Waals surface area contributed by atoms with Crippen LogP contribution < -0.4 is 10.6 Å². The van der Waals surface area contributed by atoms with Crippen molar-refractivity contribution in [1.29, 1.82) is 0 Å². The minimum Gasteiger partial charge on any atom is -0.334 e. The van der Waals surface area contributed by atoms with Gasteiger partial charge in [-0.3, -0.25) is 4.68 Å². The number of halogens is 1. The second-order valence-electron chi connectivity index (χ2n) is 4.27. The van der Waals surface area contributed by atoms with Gasteiger partial charge in [-0.25, -0.2) is 4.79 Å². The van der Waals surface area contributed by atoms with Gasteiger partial charge < -0.3 is 10.6 Å². The number of carbonyl (C=O) groups excluding carboxylic acids is 1. The lowest BCUT2D eigenvalue weighted by molar-refractivity contribution is 0.239. The Kier molecular flexibility index (Phi) is 4.95. The monoisotopic (exact) mass is 314 g/mol. The molecular formula is C12H19BrN4O. The van der Waals surface area contributed by atoms with Crippen molar-refractivity contribution in [2.24, 2.45) is 7.05 Å². The van der Waals surface area contributed by atoms with Crippen LogP contribution in [-0.2, 0) is 7.05 Å². The predicted molar refractivity (Wildman–Crippen MR) is 75.7 cm³/mol. The van der Waals surface area contributed by atoms with Crippen molar-refractivity contribution in [2.45, 2.75) is 26.8 Å². The van der Waals surface area contributed by atoms with Crippen LogP contribution in [0, 0.1) is 13.8 Å². The number of rotatable bonds is 4. The molecule has 0 saturated heterocycles. The third kappa shape index (κ3) is 3.60. The van der Waals surface area contributed by atoms with E-state index in [1.54, 1.807) is 0 Å². The molecule has 0 aliphatic rings. The SMILES string of the molecule is C=C(Br)CNC(=O)NC(C)c1c(C)nn(C)c1C. The fourth-order valence-electron chi connectivity index (χ4n) is 1.91. The smallest absolute Gasteiger partial charge is 0.315 e. The normalized spacial score (nSPS) is 12.1. The zero-order valence-electron chi connectivity index (χ0n) is 11.2. The summed E-state index contributed by atoms with van der Waals surface area (Å²) in [4.78, 5) is 11.6. The van der Waals surface area contributed by atoms with Crippen molar-refractivity contribution in [3.8, 4) is 0 Å². The molecule has 1 rings (SSSR count). The zero-order valence-corrected chi connectivity index (χ0v) is 12.8. The summed E-state index contributed by atoms with van der Waals surface area (Å²) in [6.07, 6.45) is 0. The first-order valence-corrected chi connectivity index (χ1v) is 6.50. The quantitative estimate of drug-likeness (QED) is 0.896. The van der Waals surface area contributed by atoms with Gasteiger partial charge in [-0.1, -0.05) is 22.5 Å². The van der Waals surface area contributed by atoms with Crippen LogP contribution >= 0.6 is 15.9 Å². The van der Waals surface area contributed by atoms with E-state index in [-0.39, 0.29) is 12.1 Å². The lowest BCUT2D eigenvalue weighted by Gasteiger charge is -2.15. The second kappa shape index (κ2) is 6.04. The van der Waals surface area contributed by atoms with Crippen molar-refractivity contribution in [3.63, 3.8) is 0 Å². The number of nitrogens with zero attached hydrogens (tertiary/aromatic N) is 2. The molecule has 0 aliphatic heterocycles. The topological polar surface area (TPSA) is 59.0 Å². The Hall–Kier alpha value is -1.30. The number of carbonyl (C=O) groups is 1. The number of urea groups is 1. The van der Waals surface area contributed by atoms with E-state index in [4.69, 9.17) is 0 Å². The molecule has 0 aromatic carbocycles. The zero-order chi connectivity index (χ0) is 13.9. The van der Waals surface area contributed by atoms with E-state index in [2.05, 4.69) is 38.2 Å². The van der Waals surface area contributed by atoms with Crippen LogP contribution in [0.4, 0.5) is 4.79 Å². The molecule has 0 aliphatic carbocycles. The first-order valence-electron chi connectivity index (χ1n) is 5.70. The van der Waals surface area contributed by atoms with Gasteiger partial charge in [0.2, 0.25) is 0 Å². The van der Waals surface area contributed by atoms with E-state index < -0.39 is 0 Å². The molecule has 1 aromatic heterocycles. The Bertz CT molecular complexity index is 467. The van der Waals surface area contributed by atoms with E-state index in [0.717, 1.165) is 21.4 Å². The minimum atomic E-state index is -0.217. The lowest BCUT2D eigenvalue weighted by Crippen LogP contribution is -2.37. The average Bonchev–Trinajstić information content (AvgIpc) is 2.50. The van der Waals surface area contributed by atoms with Gasteiger partial charge in [0, 0.05) is 22.8 Å². The Labute approximate surface area is 116 Å². The summed E-state index contributed by atoms with van der Waals surface area (Å²) >= 11 is 3.19. The third-order valence-corrected chi connectivity index (χ3v) is 3.07. The maximum atomic E-state index is 11.6. The first kappa shape index (κ1) is 14.8. The summed E-state index contributed by atoms with van der Waals surface area (Å²) in [5.41, 5.74) is 3.06. The molecule has 100 valence electrons. The maximum absolute atomic E-state index is 11.6. The van der Waals surface area contributed by atoms with E-state index in [1.807, 2.05) is 32.5 Å². The molecule has 2 amide bonds. The van der Waals surface area contributed by atoms with E-state index in [0.29, 0.717) is 6.54 Å². The number of aromatic nitrogens is 2. The molecule has 5 nitrogen and oxygen atoms in total. The summed E-state index contributed by atoms with van der Waals surface area (Å²) < 4.78 is 2.56. The maximum Gasteiger partial charge on any atom is 0.315 e. The van der Waals surface area contributed by atoms with Crippen LogP contribution in [0.25, 0.3) is 0 Å². The molecule has 0 bridgehead atoms. The standard InChI is InChI=1S/C12H19BrN4O/c1-7(13)6-14-12(18)15-8(2)11-9(3)16-17(5)10(11)4/h8H,1,6H2,2-5H3,(H2,14,15,18). The number of hydrogen-bond donors (Lipinski definition) is 2. The van der Waals surface area contributed by atoms with Gasteiger partial charge in [0.1, 0.15) is 0 Å². The molecule has 0 radical (unpaired) electrons. The fourth-order valence-corrected chi connectivity index (χ4v) is 2.05. The highest BCUT2D eigenvalue weighted by Gasteiger charge is 2.17. The molecule has 6 heteroatoms. The molecular weight excluding hydrogens is 296 g/mol. The van der Waals surface area contributed by atoms with Crippen LogP contribution in [0.2, 0.25) is 0 Å². The summed E-state index contributed by atoms with van der Waals surface area (Å²) in [6, 6.07) is -0.298. The van der Waals surface area contributed by atoms with Gasteiger partial charge >= 0.3 is 6.03 Å². The fraction of sp³-hybridized carbons (Fsp3) is 0.500. The molecule has 1 unspecified atom stereocenters. The molecule has 2 N–H and O–H groups in total. The largest absolute Gasteiger partial charge is 0.334 e. The van der Waals surface area contributed by atoms with Crippen molar-refractivity contribution in [2.75, 3.05) is 6.54 Å². The summed E-state index contributed by atoms with van der Waals surface area (Å²) in [6.45, 7) is 9.94. The van der Waals surface area contributed by atoms with Crippen LogP contribution in [0.5, 0.6) is 0 Å². The number of amides is 2. The summed E-state index contributed by atoms with van der Waals surface area (Å²) in [5, 5.41) is 9.92. The third-order valence-electron chi connectivity index (χ3n) is 2.79. The van der Waals surface area contributed by atoms with E-state index in [1.165, 1.54) is 0 Å². The Balaban J connectivity index is 2.67. The van der Waals surface area contributed by atoms with Gasteiger partial charge in [0.25, 0.3) is 0 Å². The van der Waals surface area contributed by atoms with Crippen molar-refractivity contribution >= 4 is 22.0 Å². The Morgan fingerprint density at radius 1 is 1.56 bits per heavy atom. The van der Waals surface area contributed by atoms with Gasteiger partial charge in [-0.05, 0) is 20.8 Å². The van der Waals surface area contributed by atoms with Crippen LogP contribution in [-0.4, -0.2) is 22.4 Å². The van der Waals surface area contributed by atoms with Gasteiger partial charge in [0.15, 0.2) is 0 Å². The van der Waals surface area contributed by atoms with Crippen LogP contribution in [0.1, 0.15) is 29.9 Å². The highest BCUT2D eigenvalue weighted by atomic mass is 79.9. The number of nitrogens with one attached hydrogen (secondary N) is 2. The molecule has 1 heterocycles. The molecule has 1 atom stereocenters. The lowest BCUT2D eigenvalue weighted by atomic mass is 10.1. The number of hydrogen-bond acceptors (Lipinski definition) is 2. The highest BCUT2D eigenvalue weighted by Crippen LogP contribution is 2.20. The molecule has 18 heavy (non-hydrogen) atoms. The van der Waals surface area contributed by atoms with Gasteiger partial charge in [-0.15, -0.1) is 0 Å². The highest BCUT2D eigenvalue weighted by molar-refractivity contribution is 9.11. The summed E-state index contributed by atoms with van der Waals surface area (Å²) in [7, 11) is 1.90. The summed E-state index contributed by atoms with van der Waals surface area (Å²) in [5.74, 6) is 0. The van der Waals surface area contributed by atoms with Gasteiger partial charge in [0.05, 0.1) is 18.3 Å². The van der Waals surface area contributed by atoms with Crippen molar-refractivity contribution < 1.29 is 4.79 Å². The number of aryl methyl sites for hydroxylation is 2. The first-order chi connectivity index (χ1) is 8.32. The molecule has 0 fully saturated rings. The van der Waals surface area contributed by atoms with E-state index >= 15 is 0 Å². The molecule has 0 saturated carbocycles. The second-order valence-corrected chi connectivity index (χ2v) is 5.40. The van der Waals surface area contributed by atoms with Crippen molar-refractivity contribution in [3.05, 3.63) is 28.0 Å².